The van der Waals surface area contributed by atoms with Crippen LogP contribution in [0.25, 0.3) is 0 Å². The summed E-state index contributed by atoms with van der Waals surface area (Å²) in [6, 6.07) is 8.16. The van der Waals surface area contributed by atoms with Gasteiger partial charge in [0.1, 0.15) is 6.04 Å². The molecule has 17 heavy (non-hydrogen) atoms. The Morgan fingerprint density at radius 1 is 1.53 bits per heavy atom. The Morgan fingerprint density at radius 2 is 2.35 bits per heavy atom. The van der Waals surface area contributed by atoms with Crippen molar-refractivity contribution in [3.63, 3.8) is 0 Å². The number of halogens is 1. The molecule has 0 amide bonds. The molecular formula is C12H14BrNO2S. The Morgan fingerprint density at radius 3 is 3.06 bits per heavy atom. The number of thioether (sulfide) groups is 1. The summed E-state index contributed by atoms with van der Waals surface area (Å²) in [4.78, 5) is 11.5. The van der Waals surface area contributed by atoms with Gasteiger partial charge in [0.05, 0.1) is 7.11 Å². The molecule has 92 valence electrons. The van der Waals surface area contributed by atoms with E-state index in [0.717, 1.165) is 16.0 Å². The number of rotatable bonds is 2. The van der Waals surface area contributed by atoms with E-state index in [4.69, 9.17) is 4.74 Å². The highest BCUT2D eigenvalue weighted by Gasteiger charge is 2.28. The number of benzene rings is 1. The molecule has 3 nitrogen and oxygen atoms in total. The van der Waals surface area contributed by atoms with E-state index in [1.165, 1.54) is 12.7 Å². The second kappa shape index (κ2) is 5.89. The zero-order valence-electron chi connectivity index (χ0n) is 9.48. The fraction of sp³-hybridized carbons (Fsp3) is 0.417. The maximum atomic E-state index is 11.5. The summed E-state index contributed by atoms with van der Waals surface area (Å²) < 4.78 is 5.83. The predicted octanol–water partition coefficient (Wildman–Crippen LogP) is 2.37. The average molecular weight is 316 g/mol. The van der Waals surface area contributed by atoms with Crippen LogP contribution in [0.5, 0.6) is 0 Å². The number of carbonyl (C=O) groups is 1. The van der Waals surface area contributed by atoms with Crippen LogP contribution in [0.2, 0.25) is 0 Å². The highest BCUT2D eigenvalue weighted by atomic mass is 79.9. The smallest absolute Gasteiger partial charge is 0.323 e. The normalized spacial score (nSPS) is 24.4. The third kappa shape index (κ3) is 3.24. The van der Waals surface area contributed by atoms with Crippen LogP contribution in [0.1, 0.15) is 11.6 Å². The van der Waals surface area contributed by atoms with Crippen molar-refractivity contribution in [3.8, 4) is 0 Å². The molecular weight excluding hydrogens is 302 g/mol. The largest absolute Gasteiger partial charge is 0.468 e. The highest BCUT2D eigenvalue weighted by molar-refractivity contribution is 9.10. The molecule has 1 saturated heterocycles. The van der Waals surface area contributed by atoms with E-state index in [-0.39, 0.29) is 18.1 Å². The summed E-state index contributed by atoms with van der Waals surface area (Å²) in [5.41, 5.74) is 1.19. The number of hydrogen-bond donors (Lipinski definition) is 1. The Balaban J connectivity index is 2.09. The van der Waals surface area contributed by atoms with Crippen LogP contribution in [0.3, 0.4) is 0 Å². The lowest BCUT2D eigenvalue weighted by atomic mass is 10.1. The summed E-state index contributed by atoms with van der Waals surface area (Å²) in [5.74, 6) is 1.57. The van der Waals surface area contributed by atoms with Gasteiger partial charge in [0, 0.05) is 22.0 Å². The second-order valence-corrected chi connectivity index (χ2v) is 5.88. The molecule has 0 aliphatic carbocycles. The zero-order valence-corrected chi connectivity index (χ0v) is 11.9. The van der Waals surface area contributed by atoms with Crippen LogP contribution in [-0.2, 0) is 9.53 Å². The van der Waals surface area contributed by atoms with Crippen LogP contribution in [0.4, 0.5) is 0 Å². The van der Waals surface area contributed by atoms with E-state index >= 15 is 0 Å². The second-order valence-electron chi connectivity index (χ2n) is 3.89. The maximum absolute atomic E-state index is 11.5. The lowest BCUT2D eigenvalue weighted by Crippen LogP contribution is -2.45. The van der Waals surface area contributed by atoms with E-state index in [1.807, 2.05) is 12.1 Å². The number of ether oxygens (including phenoxy) is 1. The van der Waals surface area contributed by atoms with Gasteiger partial charge in [-0.2, -0.15) is 11.8 Å². The van der Waals surface area contributed by atoms with Gasteiger partial charge < -0.3 is 4.74 Å². The van der Waals surface area contributed by atoms with Gasteiger partial charge in [-0.3, -0.25) is 10.1 Å². The summed E-state index contributed by atoms with van der Waals surface area (Å²) in [5, 5.41) is 3.33. The predicted molar refractivity (Wildman–Crippen MR) is 73.1 cm³/mol. The molecule has 1 aliphatic heterocycles. The van der Waals surface area contributed by atoms with Crippen molar-refractivity contribution in [2.24, 2.45) is 0 Å². The third-order valence-corrected chi connectivity index (χ3v) is 4.34. The fourth-order valence-electron chi connectivity index (χ4n) is 1.84. The standard InChI is InChI=1S/C12H14BrNO2S/c1-16-12(15)11-7-17-6-10(14-11)8-3-2-4-9(13)5-8/h2-5,10-11,14H,6-7H2,1H3. The van der Waals surface area contributed by atoms with Crippen LogP contribution in [0, 0.1) is 0 Å². The first-order valence-electron chi connectivity index (χ1n) is 5.38. The summed E-state index contributed by atoms with van der Waals surface area (Å²) >= 11 is 5.24. The van der Waals surface area contributed by atoms with Gasteiger partial charge in [-0.1, -0.05) is 28.1 Å². The van der Waals surface area contributed by atoms with Gasteiger partial charge in [0.2, 0.25) is 0 Å². The molecule has 1 heterocycles. The first kappa shape index (κ1) is 12.9. The number of esters is 1. The monoisotopic (exact) mass is 315 g/mol. The quantitative estimate of drug-likeness (QED) is 0.850. The third-order valence-electron chi connectivity index (χ3n) is 2.71. The molecule has 2 atom stereocenters. The van der Waals surface area contributed by atoms with Crippen molar-refractivity contribution < 1.29 is 9.53 Å². The Kier molecular flexibility index (Phi) is 4.48. The minimum atomic E-state index is -0.206. The number of carbonyl (C=O) groups excluding carboxylic acids is 1. The van der Waals surface area contributed by atoms with E-state index < -0.39 is 0 Å². The van der Waals surface area contributed by atoms with Crippen molar-refractivity contribution in [2.75, 3.05) is 18.6 Å². The fourth-order valence-corrected chi connectivity index (χ4v) is 3.38. The molecule has 2 rings (SSSR count). The maximum Gasteiger partial charge on any atom is 0.323 e. The average Bonchev–Trinajstić information content (AvgIpc) is 2.38. The molecule has 1 N–H and O–H groups in total. The van der Waals surface area contributed by atoms with Crippen LogP contribution in [-0.4, -0.2) is 30.6 Å². The first-order chi connectivity index (χ1) is 8.20. The molecule has 0 aromatic heterocycles. The van der Waals surface area contributed by atoms with E-state index in [0.29, 0.717) is 0 Å². The molecule has 0 saturated carbocycles. The molecule has 1 fully saturated rings. The lowest BCUT2D eigenvalue weighted by Gasteiger charge is -2.29. The van der Waals surface area contributed by atoms with Crippen molar-refractivity contribution in [1.82, 2.24) is 5.32 Å². The van der Waals surface area contributed by atoms with Crippen molar-refractivity contribution >= 4 is 33.7 Å². The molecule has 5 heteroatoms. The van der Waals surface area contributed by atoms with E-state index in [9.17, 15) is 4.79 Å². The minimum Gasteiger partial charge on any atom is -0.468 e. The van der Waals surface area contributed by atoms with E-state index in [2.05, 4.69) is 33.4 Å². The van der Waals surface area contributed by atoms with Gasteiger partial charge in [-0.05, 0) is 17.7 Å². The van der Waals surface area contributed by atoms with Gasteiger partial charge in [-0.25, -0.2) is 0 Å². The van der Waals surface area contributed by atoms with Crippen molar-refractivity contribution in [2.45, 2.75) is 12.1 Å². The summed E-state index contributed by atoms with van der Waals surface area (Å²) in [6.45, 7) is 0. The molecule has 1 aromatic carbocycles. The minimum absolute atomic E-state index is 0.183. The van der Waals surface area contributed by atoms with Crippen LogP contribution >= 0.6 is 27.7 Å². The molecule has 0 spiro atoms. The molecule has 2 unspecified atom stereocenters. The lowest BCUT2D eigenvalue weighted by molar-refractivity contribution is -0.142. The van der Waals surface area contributed by atoms with E-state index in [1.54, 1.807) is 11.8 Å². The highest BCUT2D eigenvalue weighted by Crippen LogP contribution is 2.26. The summed E-state index contributed by atoms with van der Waals surface area (Å²) in [6.07, 6.45) is 0. The molecule has 1 aromatic rings. The topological polar surface area (TPSA) is 38.3 Å². The van der Waals surface area contributed by atoms with Gasteiger partial charge in [0.15, 0.2) is 0 Å². The zero-order chi connectivity index (χ0) is 12.3. The van der Waals surface area contributed by atoms with Crippen LogP contribution in [0.15, 0.2) is 28.7 Å². The Bertz CT molecular complexity index is 413. The molecule has 0 radical (unpaired) electrons. The number of hydrogen-bond acceptors (Lipinski definition) is 4. The van der Waals surface area contributed by atoms with Crippen molar-refractivity contribution in [1.29, 1.82) is 0 Å². The Hall–Kier alpha value is -0.520. The van der Waals surface area contributed by atoms with Gasteiger partial charge in [-0.15, -0.1) is 0 Å². The van der Waals surface area contributed by atoms with Gasteiger partial charge in [0.25, 0.3) is 0 Å². The Labute approximate surface area is 113 Å². The van der Waals surface area contributed by atoms with Crippen LogP contribution < -0.4 is 5.32 Å². The molecule has 0 bridgehead atoms. The number of methoxy groups -OCH3 is 1. The van der Waals surface area contributed by atoms with Gasteiger partial charge >= 0.3 is 5.97 Å². The summed E-state index contributed by atoms with van der Waals surface area (Å²) in [7, 11) is 1.43. The SMILES string of the molecule is COC(=O)C1CSCC(c2cccc(Br)c2)N1. The number of nitrogens with one attached hydrogen (secondary N) is 1. The molecule has 1 aliphatic rings. The van der Waals surface area contributed by atoms with Crippen molar-refractivity contribution in [3.05, 3.63) is 34.3 Å². The first-order valence-corrected chi connectivity index (χ1v) is 7.32.